The maximum absolute atomic E-state index is 11.2. The van der Waals surface area contributed by atoms with Gasteiger partial charge in [0.2, 0.25) is 0 Å². The number of alkyl carbamates (subject to hydrolysis) is 1. The number of carbonyl (C=O) groups excluding carboxylic acids is 1. The molecule has 5 atom stereocenters. The van der Waals surface area contributed by atoms with E-state index in [-0.39, 0.29) is 0 Å². The van der Waals surface area contributed by atoms with Gasteiger partial charge in [-0.25, -0.2) is 4.79 Å². The summed E-state index contributed by atoms with van der Waals surface area (Å²) in [5, 5.41) is 22.3. The normalized spacial score (nSPS) is 50.7. The first-order valence-corrected chi connectivity index (χ1v) is 5.53. The van der Waals surface area contributed by atoms with Gasteiger partial charge in [-0.2, -0.15) is 0 Å². The van der Waals surface area contributed by atoms with Crippen LogP contribution in [0.4, 0.5) is 4.79 Å². The summed E-state index contributed by atoms with van der Waals surface area (Å²) in [6.07, 6.45) is -2.52. The van der Waals surface area contributed by atoms with Crippen LogP contribution in [0.1, 0.15) is 13.8 Å². The monoisotopic (exact) mass is 245 g/mol. The lowest BCUT2D eigenvalue weighted by Crippen LogP contribution is -2.57. The number of rotatable bonds is 1. The van der Waals surface area contributed by atoms with E-state index in [1.807, 2.05) is 0 Å². The van der Waals surface area contributed by atoms with Crippen molar-refractivity contribution in [3.05, 3.63) is 0 Å². The molecule has 17 heavy (non-hydrogen) atoms. The van der Waals surface area contributed by atoms with Crippen LogP contribution < -0.4 is 5.32 Å². The Balaban J connectivity index is 1.97. The zero-order chi connectivity index (χ0) is 12.4. The van der Waals surface area contributed by atoms with E-state index in [2.05, 4.69) is 5.32 Å². The summed E-state index contributed by atoms with van der Waals surface area (Å²) in [6, 6.07) is -0.703. The molecule has 2 heterocycles. The number of nitrogens with one attached hydrogen (secondary N) is 1. The molecular weight excluding hydrogens is 230 g/mol. The van der Waals surface area contributed by atoms with E-state index < -0.39 is 48.4 Å². The zero-order valence-electron chi connectivity index (χ0n) is 9.54. The topological polar surface area (TPSA) is 97.3 Å². The molecule has 3 rings (SSSR count). The van der Waals surface area contributed by atoms with Crippen molar-refractivity contribution in [2.24, 2.45) is 0 Å². The van der Waals surface area contributed by atoms with E-state index in [1.165, 1.54) is 0 Å². The van der Waals surface area contributed by atoms with Crippen LogP contribution in [-0.2, 0) is 14.2 Å². The summed E-state index contributed by atoms with van der Waals surface area (Å²) in [4.78, 5) is 11.2. The van der Waals surface area contributed by atoms with Crippen molar-refractivity contribution in [3.63, 3.8) is 0 Å². The van der Waals surface area contributed by atoms with Crippen LogP contribution in [0, 0.1) is 0 Å². The average Bonchev–Trinajstić information content (AvgIpc) is 2.82. The number of carbonyl (C=O) groups is 1. The molecule has 3 fully saturated rings. The van der Waals surface area contributed by atoms with E-state index in [0.29, 0.717) is 0 Å². The van der Waals surface area contributed by atoms with E-state index in [4.69, 9.17) is 14.2 Å². The molecule has 2 aliphatic heterocycles. The van der Waals surface area contributed by atoms with Crippen LogP contribution in [0.2, 0.25) is 0 Å². The molecule has 2 saturated heterocycles. The van der Waals surface area contributed by atoms with Gasteiger partial charge in [-0.15, -0.1) is 0 Å². The molecule has 0 bridgehead atoms. The molecule has 1 aliphatic carbocycles. The number of amides is 1. The summed E-state index contributed by atoms with van der Waals surface area (Å²) in [6.45, 7) is 2.89. The third kappa shape index (κ3) is 1.33. The highest BCUT2D eigenvalue weighted by Gasteiger charge is 2.70. The second-order valence-electron chi connectivity index (χ2n) is 5.16. The van der Waals surface area contributed by atoms with Crippen LogP contribution in [0.3, 0.4) is 0 Å². The molecule has 0 aromatic rings. The van der Waals surface area contributed by atoms with E-state index >= 15 is 0 Å². The predicted octanol–water partition coefficient (Wildman–Crippen LogP) is -1.28. The highest BCUT2D eigenvalue weighted by atomic mass is 16.8. The quantitative estimate of drug-likeness (QED) is 0.532. The van der Waals surface area contributed by atoms with Gasteiger partial charge in [0.25, 0.3) is 0 Å². The highest BCUT2D eigenvalue weighted by Crippen LogP contribution is 2.46. The smallest absolute Gasteiger partial charge is 0.408 e. The standard InChI is InChI=1S/C10H15NO6/c1-9(2)16-5-4-6(11-8(13)15-4)10(14,3-12)7(5)17-9/h4-7,12,14H,3H2,1-2H3,(H,11,13)/t4-,5+,6-,7+,10+/m1/s1. The minimum atomic E-state index is -1.57. The fourth-order valence-corrected chi connectivity index (χ4v) is 2.88. The van der Waals surface area contributed by atoms with Crippen molar-refractivity contribution in [1.82, 2.24) is 5.32 Å². The Kier molecular flexibility index (Phi) is 2.05. The zero-order valence-corrected chi connectivity index (χ0v) is 9.54. The van der Waals surface area contributed by atoms with Crippen molar-refractivity contribution in [1.29, 1.82) is 0 Å². The Hall–Kier alpha value is -0.890. The molecule has 7 heteroatoms. The van der Waals surface area contributed by atoms with E-state index in [0.717, 1.165) is 0 Å². The number of fused-ring (bicyclic) bond motifs is 3. The van der Waals surface area contributed by atoms with Gasteiger partial charge in [0.1, 0.15) is 23.9 Å². The molecule has 0 aromatic carbocycles. The van der Waals surface area contributed by atoms with Crippen LogP contribution in [0.15, 0.2) is 0 Å². The fraction of sp³-hybridized carbons (Fsp3) is 0.900. The maximum atomic E-state index is 11.2. The van der Waals surface area contributed by atoms with Crippen LogP contribution >= 0.6 is 0 Å². The van der Waals surface area contributed by atoms with E-state index in [1.54, 1.807) is 13.8 Å². The van der Waals surface area contributed by atoms with Crippen molar-refractivity contribution >= 4 is 6.09 Å². The summed E-state index contributed by atoms with van der Waals surface area (Å²) in [7, 11) is 0. The summed E-state index contributed by atoms with van der Waals surface area (Å²) < 4.78 is 16.3. The molecule has 0 spiro atoms. The molecule has 0 aromatic heterocycles. The molecule has 96 valence electrons. The highest BCUT2D eigenvalue weighted by molar-refractivity contribution is 5.71. The van der Waals surface area contributed by atoms with Crippen LogP contribution in [-0.4, -0.2) is 58.7 Å². The van der Waals surface area contributed by atoms with Crippen molar-refractivity contribution in [2.75, 3.05) is 6.61 Å². The summed E-state index contributed by atoms with van der Waals surface area (Å²) in [5.74, 6) is -0.863. The number of aliphatic hydroxyl groups is 2. The van der Waals surface area contributed by atoms with Crippen molar-refractivity contribution < 1.29 is 29.2 Å². The Morgan fingerprint density at radius 1 is 1.35 bits per heavy atom. The fourth-order valence-electron chi connectivity index (χ4n) is 2.88. The van der Waals surface area contributed by atoms with Gasteiger partial charge in [-0.3, -0.25) is 0 Å². The number of hydrogen-bond donors (Lipinski definition) is 3. The van der Waals surface area contributed by atoms with Gasteiger partial charge in [0, 0.05) is 0 Å². The van der Waals surface area contributed by atoms with Crippen LogP contribution in [0.25, 0.3) is 0 Å². The van der Waals surface area contributed by atoms with Crippen molar-refractivity contribution in [3.8, 4) is 0 Å². The Morgan fingerprint density at radius 2 is 2.06 bits per heavy atom. The van der Waals surface area contributed by atoms with Gasteiger partial charge in [-0.05, 0) is 13.8 Å². The molecule has 3 aliphatic rings. The minimum absolute atomic E-state index is 0.529. The number of aliphatic hydroxyl groups excluding tert-OH is 1. The molecule has 1 amide bonds. The van der Waals surface area contributed by atoms with Gasteiger partial charge in [0.05, 0.1) is 6.61 Å². The largest absolute Gasteiger partial charge is 0.441 e. The molecular formula is C10H15NO6. The third-order valence-corrected chi connectivity index (χ3v) is 3.58. The molecule has 7 nitrogen and oxygen atoms in total. The third-order valence-electron chi connectivity index (χ3n) is 3.58. The van der Waals surface area contributed by atoms with Crippen LogP contribution in [0.5, 0.6) is 0 Å². The summed E-state index contributed by atoms with van der Waals surface area (Å²) >= 11 is 0. The van der Waals surface area contributed by atoms with Gasteiger partial charge < -0.3 is 29.7 Å². The Labute approximate surface area is 97.6 Å². The van der Waals surface area contributed by atoms with Gasteiger partial charge in [-0.1, -0.05) is 0 Å². The maximum Gasteiger partial charge on any atom is 0.408 e. The van der Waals surface area contributed by atoms with Crippen molar-refractivity contribution in [2.45, 2.75) is 49.6 Å². The minimum Gasteiger partial charge on any atom is -0.441 e. The molecule has 0 unspecified atom stereocenters. The predicted molar refractivity (Wildman–Crippen MR) is 53.1 cm³/mol. The van der Waals surface area contributed by atoms with Gasteiger partial charge >= 0.3 is 6.09 Å². The first-order valence-electron chi connectivity index (χ1n) is 5.53. The number of hydrogen-bond acceptors (Lipinski definition) is 6. The van der Waals surface area contributed by atoms with E-state index in [9.17, 15) is 15.0 Å². The molecule has 0 radical (unpaired) electrons. The Morgan fingerprint density at radius 3 is 2.71 bits per heavy atom. The summed E-state index contributed by atoms with van der Waals surface area (Å²) in [5.41, 5.74) is -1.57. The van der Waals surface area contributed by atoms with Gasteiger partial charge in [0.15, 0.2) is 11.9 Å². The molecule has 1 saturated carbocycles. The number of ether oxygens (including phenoxy) is 3. The lowest BCUT2D eigenvalue weighted by molar-refractivity contribution is -0.193. The first kappa shape index (κ1) is 11.2. The SMILES string of the molecule is CC1(C)O[C@H]2[C@H]3OC(=O)N[C@H]3[C@@](O)(CO)[C@H]2O1. The first-order chi connectivity index (χ1) is 7.87. The average molecular weight is 245 g/mol. The Bertz CT molecular complexity index is 372. The lowest BCUT2D eigenvalue weighted by atomic mass is 9.96. The molecule has 3 N–H and O–H groups in total. The second-order valence-corrected chi connectivity index (χ2v) is 5.16. The lowest BCUT2D eigenvalue weighted by Gasteiger charge is -2.31. The second kappa shape index (κ2) is 3.11.